The fourth-order valence-corrected chi connectivity index (χ4v) is 2.19. The Morgan fingerprint density at radius 2 is 2.00 bits per heavy atom. The van der Waals surface area contributed by atoms with Gasteiger partial charge in [-0.2, -0.15) is 0 Å². The van der Waals surface area contributed by atoms with E-state index in [2.05, 4.69) is 5.32 Å². The highest BCUT2D eigenvalue weighted by Crippen LogP contribution is 2.36. The average Bonchev–Trinajstić information content (AvgIpc) is 2.70. The summed E-state index contributed by atoms with van der Waals surface area (Å²) in [5.41, 5.74) is 0.0591. The van der Waals surface area contributed by atoms with E-state index in [4.69, 9.17) is 11.6 Å². The van der Waals surface area contributed by atoms with Gasteiger partial charge in [0.05, 0.1) is 0 Å². The molecular weight excluding hydrogens is 232 g/mol. The zero-order valence-corrected chi connectivity index (χ0v) is 9.61. The van der Waals surface area contributed by atoms with Crippen molar-refractivity contribution in [3.05, 3.63) is 34.9 Å². The maximum Gasteiger partial charge on any atom is 0.273 e. The van der Waals surface area contributed by atoms with Crippen molar-refractivity contribution >= 4 is 11.6 Å². The number of nitrogens with one attached hydrogen (secondary N) is 1. The third kappa shape index (κ3) is 2.71. The molecule has 1 aromatic carbocycles. The van der Waals surface area contributed by atoms with Crippen molar-refractivity contribution in [3.63, 3.8) is 0 Å². The molecule has 16 heavy (non-hydrogen) atoms. The van der Waals surface area contributed by atoms with E-state index in [1.807, 2.05) is 0 Å². The van der Waals surface area contributed by atoms with Gasteiger partial charge in [0.1, 0.15) is 0 Å². The topological polar surface area (TPSA) is 12.0 Å². The van der Waals surface area contributed by atoms with Gasteiger partial charge in [-0.3, -0.25) is 0 Å². The van der Waals surface area contributed by atoms with Crippen molar-refractivity contribution in [3.8, 4) is 0 Å². The first-order chi connectivity index (χ1) is 7.58. The smallest absolute Gasteiger partial charge is 0.273 e. The van der Waals surface area contributed by atoms with Crippen molar-refractivity contribution in [2.24, 2.45) is 5.92 Å². The van der Waals surface area contributed by atoms with Gasteiger partial charge in [0.2, 0.25) is 0 Å². The molecule has 0 spiro atoms. The average molecular weight is 246 g/mol. The maximum absolute atomic E-state index is 13.9. The van der Waals surface area contributed by atoms with Crippen LogP contribution in [0.1, 0.15) is 18.4 Å². The molecule has 0 saturated carbocycles. The molecule has 0 aliphatic carbocycles. The number of alkyl halides is 2. The third-order valence-corrected chi connectivity index (χ3v) is 3.23. The van der Waals surface area contributed by atoms with Gasteiger partial charge >= 0.3 is 0 Å². The zero-order chi connectivity index (χ0) is 11.6. The molecule has 1 aromatic rings. The summed E-state index contributed by atoms with van der Waals surface area (Å²) in [6.45, 7) is 1.55. The minimum Gasteiger partial charge on any atom is -0.316 e. The lowest BCUT2D eigenvalue weighted by Crippen LogP contribution is -2.20. The summed E-state index contributed by atoms with van der Waals surface area (Å²) < 4.78 is 27.7. The predicted octanol–water partition coefficient (Wildman–Crippen LogP) is 3.43. The number of hydrogen-bond acceptors (Lipinski definition) is 1. The molecule has 88 valence electrons. The molecule has 1 aliphatic heterocycles. The number of halogens is 3. The Labute approximate surface area is 98.8 Å². The lowest BCUT2D eigenvalue weighted by atomic mass is 9.95. The first kappa shape index (κ1) is 11.8. The van der Waals surface area contributed by atoms with E-state index in [0.29, 0.717) is 11.6 Å². The van der Waals surface area contributed by atoms with Crippen LogP contribution >= 0.6 is 11.6 Å². The molecule has 2 rings (SSSR count). The van der Waals surface area contributed by atoms with Crippen molar-refractivity contribution in [2.45, 2.75) is 18.8 Å². The quantitative estimate of drug-likeness (QED) is 0.860. The molecule has 1 saturated heterocycles. The normalized spacial score (nSPS) is 21.3. The molecule has 0 amide bonds. The van der Waals surface area contributed by atoms with Crippen LogP contribution in [-0.4, -0.2) is 13.1 Å². The Morgan fingerprint density at radius 3 is 2.56 bits per heavy atom. The summed E-state index contributed by atoms with van der Waals surface area (Å²) in [5, 5.41) is 3.59. The summed E-state index contributed by atoms with van der Waals surface area (Å²) in [6, 6.07) is 5.84. The van der Waals surface area contributed by atoms with E-state index in [9.17, 15) is 8.78 Å². The van der Waals surface area contributed by atoms with Crippen molar-refractivity contribution < 1.29 is 8.78 Å². The van der Waals surface area contributed by atoms with E-state index in [1.165, 1.54) is 24.3 Å². The molecule has 1 fully saturated rings. The minimum atomic E-state index is -2.75. The van der Waals surface area contributed by atoms with E-state index in [0.717, 1.165) is 13.0 Å². The highest BCUT2D eigenvalue weighted by molar-refractivity contribution is 6.30. The summed E-state index contributed by atoms with van der Waals surface area (Å²) in [4.78, 5) is 0. The van der Waals surface area contributed by atoms with Crippen molar-refractivity contribution in [2.75, 3.05) is 13.1 Å². The van der Waals surface area contributed by atoms with Crippen LogP contribution in [0.25, 0.3) is 0 Å². The van der Waals surface area contributed by atoms with Crippen LogP contribution in [0.5, 0.6) is 0 Å². The van der Waals surface area contributed by atoms with E-state index in [-0.39, 0.29) is 17.9 Å². The molecule has 4 heteroatoms. The fraction of sp³-hybridized carbons (Fsp3) is 0.500. The molecule has 1 N–H and O–H groups in total. The highest BCUT2D eigenvalue weighted by atomic mass is 35.5. The summed E-state index contributed by atoms with van der Waals surface area (Å²) in [6.07, 6.45) is 0.755. The third-order valence-electron chi connectivity index (χ3n) is 2.97. The van der Waals surface area contributed by atoms with E-state index in [1.54, 1.807) is 0 Å². The van der Waals surface area contributed by atoms with E-state index < -0.39 is 5.92 Å². The molecule has 0 radical (unpaired) electrons. The Hall–Kier alpha value is -0.670. The van der Waals surface area contributed by atoms with Crippen LogP contribution in [0.4, 0.5) is 8.78 Å². The molecule has 1 nitrogen and oxygen atoms in total. The molecule has 1 heterocycles. The van der Waals surface area contributed by atoms with Crippen LogP contribution < -0.4 is 5.32 Å². The van der Waals surface area contributed by atoms with Gasteiger partial charge < -0.3 is 5.32 Å². The first-order valence-electron chi connectivity index (χ1n) is 5.42. The summed E-state index contributed by atoms with van der Waals surface area (Å²) >= 11 is 5.68. The monoisotopic (exact) mass is 245 g/mol. The number of hydrogen-bond donors (Lipinski definition) is 1. The SMILES string of the molecule is FC(F)(CC1CCNC1)c1ccc(Cl)cc1. The van der Waals surface area contributed by atoms with Crippen molar-refractivity contribution in [1.82, 2.24) is 5.32 Å². The Balaban J connectivity index is 2.07. The maximum atomic E-state index is 13.9. The second-order valence-corrected chi connectivity index (χ2v) is 4.71. The molecular formula is C12H14ClF2N. The number of benzene rings is 1. The summed E-state index contributed by atoms with van der Waals surface area (Å²) in [5.74, 6) is -2.67. The van der Waals surface area contributed by atoms with E-state index >= 15 is 0 Å². The van der Waals surface area contributed by atoms with Gasteiger partial charge in [0.25, 0.3) is 5.92 Å². The fourth-order valence-electron chi connectivity index (χ4n) is 2.06. The van der Waals surface area contributed by atoms with Gasteiger partial charge in [-0.1, -0.05) is 23.7 Å². The lowest BCUT2D eigenvalue weighted by Gasteiger charge is -2.20. The van der Waals surface area contributed by atoms with Crippen LogP contribution in [0.15, 0.2) is 24.3 Å². The second kappa shape index (κ2) is 4.68. The predicted molar refractivity (Wildman–Crippen MR) is 60.9 cm³/mol. The van der Waals surface area contributed by atoms with Crippen molar-refractivity contribution in [1.29, 1.82) is 0 Å². The highest BCUT2D eigenvalue weighted by Gasteiger charge is 2.35. The van der Waals surface area contributed by atoms with Gasteiger partial charge in [0.15, 0.2) is 0 Å². The van der Waals surface area contributed by atoms with Gasteiger partial charge in [-0.15, -0.1) is 0 Å². The minimum absolute atomic E-state index is 0.0591. The van der Waals surface area contributed by atoms with Crippen LogP contribution in [-0.2, 0) is 5.92 Å². The van der Waals surface area contributed by atoms with Gasteiger partial charge in [0, 0.05) is 17.0 Å². The molecule has 1 unspecified atom stereocenters. The van der Waals surface area contributed by atoms with Crippen LogP contribution in [0.2, 0.25) is 5.02 Å². The molecule has 1 aliphatic rings. The summed E-state index contributed by atoms with van der Waals surface area (Å²) in [7, 11) is 0. The van der Waals surface area contributed by atoms with Gasteiger partial charge in [-0.05, 0) is 37.6 Å². The lowest BCUT2D eigenvalue weighted by molar-refractivity contribution is -0.0268. The largest absolute Gasteiger partial charge is 0.316 e. The Kier molecular flexibility index (Phi) is 3.45. The standard InChI is InChI=1S/C12H14ClF2N/c13-11-3-1-10(2-4-11)12(14,15)7-9-5-6-16-8-9/h1-4,9,16H,5-8H2. The molecule has 0 aromatic heterocycles. The molecule has 0 bridgehead atoms. The zero-order valence-electron chi connectivity index (χ0n) is 8.85. The Bertz CT molecular complexity index is 345. The van der Waals surface area contributed by atoms with Gasteiger partial charge in [-0.25, -0.2) is 8.78 Å². The van der Waals surface area contributed by atoms with Crippen LogP contribution in [0, 0.1) is 5.92 Å². The first-order valence-corrected chi connectivity index (χ1v) is 5.80. The number of rotatable bonds is 3. The van der Waals surface area contributed by atoms with Crippen LogP contribution in [0.3, 0.4) is 0 Å². The molecule has 1 atom stereocenters. The Morgan fingerprint density at radius 1 is 1.31 bits per heavy atom. The second-order valence-electron chi connectivity index (χ2n) is 4.27.